The van der Waals surface area contributed by atoms with Crippen LogP contribution in [-0.2, 0) is 104 Å². The van der Waals surface area contributed by atoms with Crippen molar-refractivity contribution in [2.24, 2.45) is 0 Å². The van der Waals surface area contributed by atoms with E-state index >= 15 is 0 Å². The van der Waals surface area contributed by atoms with Gasteiger partial charge in [-0.05, 0) is 32.9 Å². The van der Waals surface area contributed by atoms with Crippen molar-refractivity contribution in [3.05, 3.63) is 23.8 Å². The van der Waals surface area contributed by atoms with Gasteiger partial charge in [-0.3, -0.25) is 52.2 Å². The second-order valence-electron chi connectivity index (χ2n) is 16.2. The molecule has 410 valence electrons. The van der Waals surface area contributed by atoms with Crippen LogP contribution in [0.25, 0.3) is 0 Å². The number of rotatable bonds is 22. The van der Waals surface area contributed by atoms with Crippen molar-refractivity contribution in [1.29, 1.82) is 0 Å². The van der Waals surface area contributed by atoms with Gasteiger partial charge in [0.25, 0.3) is 13.6 Å². The van der Waals surface area contributed by atoms with Crippen molar-refractivity contribution in [2.45, 2.75) is 150 Å². The lowest BCUT2D eigenvalue weighted by Gasteiger charge is -2.49. The summed E-state index contributed by atoms with van der Waals surface area (Å²) in [6.45, 7) is 17.2. The number of methoxy groups -OCH3 is 1. The molecule has 2 N–H and O–H groups in total. The highest BCUT2D eigenvalue weighted by Crippen LogP contribution is 2.50. The topological polar surface area (TPSA) is 347 Å². The molecule has 0 spiro atoms. The number of benzene rings is 1. The third-order valence-electron chi connectivity index (χ3n) is 10.4. The number of esters is 9. The monoisotopic (exact) mass is 1060 g/mol. The summed E-state index contributed by atoms with van der Waals surface area (Å²) in [5.74, 6) is -13.9. The normalized spacial score (nSPS) is 23.8. The zero-order valence-corrected chi connectivity index (χ0v) is 43.7. The van der Waals surface area contributed by atoms with Crippen LogP contribution in [0.3, 0.4) is 0 Å². The predicted molar refractivity (Wildman–Crippen MR) is 240 cm³/mol. The fourth-order valence-corrected chi connectivity index (χ4v) is 8.54. The molecule has 2 saturated heterocycles. The Morgan fingerprint density at radius 3 is 1.78 bits per heavy atom. The molecule has 0 radical (unpaired) electrons. The maximum absolute atomic E-state index is 14.0. The molecule has 1 amide bonds. The van der Waals surface area contributed by atoms with Gasteiger partial charge in [0.05, 0.1) is 45.8 Å². The second kappa shape index (κ2) is 29.0. The molecule has 2 heterocycles. The van der Waals surface area contributed by atoms with Crippen LogP contribution in [0.4, 0.5) is 0 Å². The molecule has 1 aromatic rings. The van der Waals surface area contributed by atoms with E-state index in [1.165, 1.54) is 31.8 Å². The lowest BCUT2D eigenvalue weighted by Crippen LogP contribution is -3.11. The molecule has 27 nitrogen and oxygen atoms in total. The highest BCUT2D eigenvalue weighted by atomic mass is 31.2. The van der Waals surface area contributed by atoms with E-state index in [4.69, 9.17) is 61.2 Å². The third-order valence-corrected chi connectivity index (χ3v) is 11.4. The first-order valence-electron chi connectivity index (χ1n) is 22.7. The van der Waals surface area contributed by atoms with Gasteiger partial charge in [0.15, 0.2) is 24.4 Å². The molecule has 0 aromatic heterocycles. The molecule has 11 atom stereocenters. The third kappa shape index (κ3) is 20.0. The van der Waals surface area contributed by atoms with Gasteiger partial charge < -0.3 is 71.7 Å². The first kappa shape index (κ1) is 63.0. The zero-order valence-electron chi connectivity index (χ0n) is 42.8. The summed E-state index contributed by atoms with van der Waals surface area (Å²) < 4.78 is 83.7. The van der Waals surface area contributed by atoms with Crippen LogP contribution in [0.1, 0.15) is 101 Å². The number of carbonyl (C=O) groups is 10. The first-order chi connectivity index (χ1) is 34.0. The second-order valence-corrected chi connectivity index (χ2v) is 17.5. The Labute approximate surface area is 420 Å². The fourth-order valence-electron chi connectivity index (χ4n) is 7.60. The fraction of sp³-hybridized carbons (Fsp3) is 0.644. The maximum Gasteiger partial charge on any atom is 0.367 e. The van der Waals surface area contributed by atoms with E-state index in [1.54, 1.807) is 4.90 Å². The molecule has 3 rings (SSSR count). The average Bonchev–Trinajstić information content (AvgIpc) is 3.58. The van der Waals surface area contributed by atoms with Crippen LogP contribution in [0, 0.1) is 0 Å². The number of carbonyl (C=O) groups excluding carboxylic acids is 10. The Hall–Kier alpha value is -6.09. The number of hydrogen-bond acceptors (Lipinski definition) is 25. The number of phosphoric ester groups is 1. The smallest absolute Gasteiger partial charge is 0.367 e. The lowest BCUT2D eigenvalue weighted by molar-refractivity contribution is -0.894. The average molecular weight is 1060 g/mol. The van der Waals surface area contributed by atoms with Crippen LogP contribution in [0.2, 0.25) is 0 Å². The van der Waals surface area contributed by atoms with E-state index in [-0.39, 0.29) is 17.1 Å². The number of nitrogens with one attached hydrogen (secondary N) is 2. The van der Waals surface area contributed by atoms with Crippen molar-refractivity contribution in [3.8, 4) is 11.5 Å². The van der Waals surface area contributed by atoms with Crippen molar-refractivity contribution in [1.82, 2.24) is 5.32 Å². The minimum Gasteiger partial charge on any atom is -0.756 e. The van der Waals surface area contributed by atoms with E-state index in [0.29, 0.717) is 0 Å². The van der Waals surface area contributed by atoms with Gasteiger partial charge in [0, 0.05) is 73.9 Å². The molecule has 0 saturated carbocycles. The maximum atomic E-state index is 14.0. The quantitative estimate of drug-likeness (QED) is 0.0657. The van der Waals surface area contributed by atoms with Crippen molar-refractivity contribution in [3.63, 3.8) is 0 Å². The summed E-state index contributed by atoms with van der Waals surface area (Å²) in [4.78, 5) is 140. The molecule has 73 heavy (non-hydrogen) atoms. The van der Waals surface area contributed by atoms with Crippen LogP contribution < -0.4 is 24.6 Å². The minimum absolute atomic E-state index is 0.0619. The largest absolute Gasteiger partial charge is 0.756 e. The minimum atomic E-state index is -6.07. The predicted octanol–water partition coefficient (Wildman–Crippen LogP) is -0.206. The van der Waals surface area contributed by atoms with E-state index in [2.05, 4.69) is 26.1 Å². The molecular weight excluding hydrogens is 999 g/mol. The SMILES string of the molecule is CC[NH+](CC)CC.COC(=O)[C@]1(OP(=O)([O-])OC[C@H]2O[C@@H](c3ccc(OC(C)=O)cc3OC(C)=O)[C@H](OC(C)=O)[C@@H]2OC(C)=O)C[C@H](OC(C)=O)[C@@H](NC(C)=O)[C@H]([C@H](OC(C)=O)[C@@H](COC(C)=O)OC(C)=O)O1. The number of phosphoric acid groups is 1. The van der Waals surface area contributed by atoms with Gasteiger partial charge in [0.1, 0.15) is 42.5 Å². The number of ether oxygens (including phenoxy) is 11. The highest BCUT2D eigenvalue weighted by Gasteiger charge is 2.61. The zero-order chi connectivity index (χ0) is 55.5. The van der Waals surface area contributed by atoms with E-state index in [0.717, 1.165) is 75.5 Å². The molecule has 2 fully saturated rings. The number of amides is 1. The van der Waals surface area contributed by atoms with Gasteiger partial charge in [0.2, 0.25) is 5.91 Å². The summed E-state index contributed by atoms with van der Waals surface area (Å²) in [5, 5.41) is 2.40. The molecule has 2 aliphatic rings. The Balaban J connectivity index is 0.00000242. The summed E-state index contributed by atoms with van der Waals surface area (Å²) in [6, 6.07) is 1.93. The summed E-state index contributed by atoms with van der Waals surface area (Å²) in [6.07, 6.45) is -15.5. The molecule has 0 bridgehead atoms. The molecular formula is C45H65N2O25P. The van der Waals surface area contributed by atoms with E-state index in [9.17, 15) is 57.4 Å². The summed E-state index contributed by atoms with van der Waals surface area (Å²) in [5.41, 5.74) is -0.0619. The van der Waals surface area contributed by atoms with Crippen LogP contribution >= 0.6 is 7.82 Å². The van der Waals surface area contributed by atoms with E-state index < -0.39 is 148 Å². The standard InChI is InChI=1S/C39H50NO25P.C6H15N/c1-17(41)40-32-29(58-21(5)45)14-39(38(50)53-10,64-36(32)34(60-23(7)47)30(59-22(6)46)15-54-18(2)42)65-66(51,52)55-16-31-35(61-24(8)48)37(62-25(9)49)33(63-31)27-12-11-26(56-19(3)43)13-28(27)57-20(4)44;1-4-7(5-2)6-3/h11-13,29-37H,14-16H2,1-10H3,(H,40,41)(H,51,52);4-6H2,1-3H3/t29-,30+,31+,32+,33-,34+,35+,36+,37-,39+;/m0./s1. The summed E-state index contributed by atoms with van der Waals surface area (Å²) in [7, 11) is -5.30. The molecule has 1 aromatic carbocycles. The highest BCUT2D eigenvalue weighted by molar-refractivity contribution is 7.46. The summed E-state index contributed by atoms with van der Waals surface area (Å²) >= 11 is 0. The Kier molecular flexibility index (Phi) is 25.0. The Bertz CT molecular complexity index is 2190. The van der Waals surface area contributed by atoms with Gasteiger partial charge in [-0.25, -0.2) is 4.79 Å². The van der Waals surface area contributed by atoms with Gasteiger partial charge >= 0.3 is 53.7 Å². The number of hydrogen-bond donors (Lipinski definition) is 2. The Morgan fingerprint density at radius 2 is 1.32 bits per heavy atom. The molecule has 28 heteroatoms. The van der Waals surface area contributed by atoms with Crippen molar-refractivity contribution in [2.75, 3.05) is 40.0 Å². The van der Waals surface area contributed by atoms with Crippen LogP contribution in [0.5, 0.6) is 11.5 Å². The van der Waals surface area contributed by atoms with Crippen LogP contribution in [0.15, 0.2) is 18.2 Å². The van der Waals surface area contributed by atoms with Crippen molar-refractivity contribution < 1.29 is 123 Å². The first-order valence-corrected chi connectivity index (χ1v) is 24.2. The van der Waals surface area contributed by atoms with Gasteiger partial charge in [-0.15, -0.1) is 0 Å². The van der Waals surface area contributed by atoms with Crippen molar-refractivity contribution >= 4 is 67.5 Å². The molecule has 0 aliphatic carbocycles. The van der Waals surface area contributed by atoms with Crippen LogP contribution in [-0.4, -0.2) is 154 Å². The van der Waals surface area contributed by atoms with E-state index in [1.807, 2.05) is 0 Å². The number of quaternary nitrogens is 1. The Morgan fingerprint density at radius 1 is 0.753 bits per heavy atom. The molecule has 1 unspecified atom stereocenters. The molecule has 2 aliphatic heterocycles. The van der Waals surface area contributed by atoms with Gasteiger partial charge in [-0.2, -0.15) is 0 Å². The van der Waals surface area contributed by atoms with Gasteiger partial charge in [-0.1, -0.05) is 0 Å². The lowest BCUT2D eigenvalue weighted by atomic mass is 9.88.